The number of benzene rings is 1. The summed E-state index contributed by atoms with van der Waals surface area (Å²) in [6.07, 6.45) is 6.61. The summed E-state index contributed by atoms with van der Waals surface area (Å²) < 4.78 is 4.79. The van der Waals surface area contributed by atoms with Crippen LogP contribution in [0.3, 0.4) is 0 Å². The monoisotopic (exact) mass is 276 g/mol. The molecule has 1 fully saturated rings. The summed E-state index contributed by atoms with van der Waals surface area (Å²) in [6.45, 7) is 1.32. The van der Waals surface area contributed by atoms with Crippen LogP contribution in [0.5, 0.6) is 0 Å². The third-order valence-electron chi connectivity index (χ3n) is 4.38. The van der Waals surface area contributed by atoms with Crippen molar-refractivity contribution in [3.63, 3.8) is 0 Å². The maximum Gasteiger partial charge on any atom is 0.293 e. The van der Waals surface area contributed by atoms with Gasteiger partial charge in [0.25, 0.3) is 6.47 Å². The Morgan fingerprint density at radius 3 is 2.75 bits per heavy atom. The second-order valence-electron chi connectivity index (χ2n) is 5.69. The molecule has 0 unspecified atom stereocenters. The number of hydrogen-bond donors (Lipinski definition) is 1. The largest absolute Gasteiger partial charge is 0.468 e. The van der Waals surface area contributed by atoms with Crippen molar-refractivity contribution >= 4 is 6.47 Å². The molecule has 20 heavy (non-hydrogen) atoms. The van der Waals surface area contributed by atoms with Gasteiger partial charge in [0.1, 0.15) is 0 Å². The molecular weight excluding hydrogens is 252 g/mol. The average molecular weight is 276 g/mol. The van der Waals surface area contributed by atoms with Crippen molar-refractivity contribution in [2.24, 2.45) is 5.92 Å². The predicted octanol–water partition coefficient (Wildman–Crippen LogP) is 3.06. The van der Waals surface area contributed by atoms with Crippen LogP contribution < -0.4 is 0 Å². The van der Waals surface area contributed by atoms with E-state index < -0.39 is 0 Å². The minimum absolute atomic E-state index is 0.215. The highest BCUT2D eigenvalue weighted by atomic mass is 16.5. The van der Waals surface area contributed by atoms with Gasteiger partial charge in [0.2, 0.25) is 0 Å². The van der Waals surface area contributed by atoms with Gasteiger partial charge in [0, 0.05) is 6.61 Å². The van der Waals surface area contributed by atoms with Gasteiger partial charge in [-0.2, -0.15) is 0 Å². The molecule has 3 nitrogen and oxygen atoms in total. The Morgan fingerprint density at radius 2 is 2.05 bits per heavy atom. The van der Waals surface area contributed by atoms with Crippen molar-refractivity contribution in [2.75, 3.05) is 13.2 Å². The van der Waals surface area contributed by atoms with Crippen LogP contribution in [0.1, 0.15) is 49.1 Å². The number of carbonyl (C=O) groups is 1. The summed E-state index contributed by atoms with van der Waals surface area (Å²) in [4.78, 5) is 10.1. The topological polar surface area (TPSA) is 46.5 Å². The van der Waals surface area contributed by atoms with E-state index in [2.05, 4.69) is 24.3 Å². The van der Waals surface area contributed by atoms with Crippen LogP contribution in [0.2, 0.25) is 0 Å². The quantitative estimate of drug-likeness (QED) is 0.615. The summed E-state index contributed by atoms with van der Waals surface area (Å²) in [5.41, 5.74) is 2.64. The third-order valence-corrected chi connectivity index (χ3v) is 4.38. The summed E-state index contributed by atoms with van der Waals surface area (Å²) in [5.74, 6) is 1.35. The SMILES string of the molecule is O=COCCC1CCC(c2cccc(CCO)c2)CC1. The van der Waals surface area contributed by atoms with Crippen LogP contribution in [0, 0.1) is 5.92 Å². The van der Waals surface area contributed by atoms with E-state index in [0.29, 0.717) is 24.9 Å². The van der Waals surface area contributed by atoms with Crippen molar-refractivity contribution < 1.29 is 14.6 Å². The maximum atomic E-state index is 10.1. The summed E-state index contributed by atoms with van der Waals surface area (Å²) in [6, 6.07) is 8.64. The Bertz CT molecular complexity index is 408. The number of ether oxygens (including phenoxy) is 1. The van der Waals surface area contributed by atoms with Crippen LogP contribution in [-0.2, 0) is 16.0 Å². The summed E-state index contributed by atoms with van der Waals surface area (Å²) in [5, 5.41) is 9.02. The zero-order chi connectivity index (χ0) is 14.2. The minimum atomic E-state index is 0.215. The molecule has 110 valence electrons. The Hall–Kier alpha value is -1.35. The van der Waals surface area contributed by atoms with Crippen molar-refractivity contribution in [1.82, 2.24) is 0 Å². The van der Waals surface area contributed by atoms with Gasteiger partial charge in [-0.1, -0.05) is 24.3 Å². The first-order valence-electron chi connectivity index (χ1n) is 7.58. The van der Waals surface area contributed by atoms with E-state index in [-0.39, 0.29) is 6.61 Å². The van der Waals surface area contributed by atoms with Crippen LogP contribution in [0.25, 0.3) is 0 Å². The zero-order valence-corrected chi connectivity index (χ0v) is 12.0. The third kappa shape index (κ3) is 4.34. The molecule has 1 saturated carbocycles. The maximum absolute atomic E-state index is 10.1. The van der Waals surface area contributed by atoms with Crippen LogP contribution in [-0.4, -0.2) is 24.8 Å². The minimum Gasteiger partial charge on any atom is -0.468 e. The summed E-state index contributed by atoms with van der Waals surface area (Å²) >= 11 is 0. The van der Waals surface area contributed by atoms with Gasteiger partial charge < -0.3 is 9.84 Å². The standard InChI is InChI=1S/C17H24O3/c18-10-8-15-2-1-3-17(12-15)16-6-4-14(5-7-16)9-11-20-13-19/h1-3,12-14,16,18H,4-11H2. The number of carbonyl (C=O) groups excluding carboxylic acids is 1. The second-order valence-corrected chi connectivity index (χ2v) is 5.69. The van der Waals surface area contributed by atoms with E-state index in [1.165, 1.54) is 36.8 Å². The van der Waals surface area contributed by atoms with Crippen molar-refractivity contribution in [3.8, 4) is 0 Å². The van der Waals surface area contributed by atoms with Gasteiger partial charge in [0.05, 0.1) is 6.61 Å². The molecule has 0 radical (unpaired) electrons. The molecule has 0 bridgehead atoms. The van der Waals surface area contributed by atoms with Gasteiger partial charge in [-0.05, 0) is 61.5 Å². The molecule has 0 aliphatic heterocycles. The van der Waals surface area contributed by atoms with Gasteiger partial charge in [0.15, 0.2) is 0 Å². The molecule has 1 aromatic carbocycles. The number of hydrogen-bond acceptors (Lipinski definition) is 3. The highest BCUT2D eigenvalue weighted by molar-refractivity contribution is 5.36. The Balaban J connectivity index is 1.83. The smallest absolute Gasteiger partial charge is 0.293 e. The lowest BCUT2D eigenvalue weighted by Gasteiger charge is -2.28. The van der Waals surface area contributed by atoms with Gasteiger partial charge in [-0.15, -0.1) is 0 Å². The normalized spacial score (nSPS) is 22.4. The fourth-order valence-electron chi connectivity index (χ4n) is 3.20. The molecule has 1 aromatic rings. The zero-order valence-electron chi connectivity index (χ0n) is 12.0. The lowest BCUT2D eigenvalue weighted by molar-refractivity contribution is -0.129. The number of aliphatic hydroxyl groups excluding tert-OH is 1. The molecule has 1 N–H and O–H groups in total. The Morgan fingerprint density at radius 1 is 1.25 bits per heavy atom. The number of rotatable bonds is 7. The van der Waals surface area contributed by atoms with Crippen LogP contribution in [0.4, 0.5) is 0 Å². The molecule has 0 amide bonds. The van der Waals surface area contributed by atoms with Crippen molar-refractivity contribution in [2.45, 2.75) is 44.4 Å². The van der Waals surface area contributed by atoms with Crippen molar-refractivity contribution in [1.29, 1.82) is 0 Å². The second kappa shape index (κ2) is 8.05. The average Bonchev–Trinajstić information content (AvgIpc) is 2.49. The van der Waals surface area contributed by atoms with E-state index in [1.54, 1.807) is 0 Å². The fraction of sp³-hybridized carbons (Fsp3) is 0.588. The van der Waals surface area contributed by atoms with E-state index in [4.69, 9.17) is 9.84 Å². The molecule has 1 aliphatic carbocycles. The molecule has 0 atom stereocenters. The molecule has 1 aliphatic rings. The first-order chi connectivity index (χ1) is 9.83. The Labute approximate surface area is 121 Å². The summed E-state index contributed by atoms with van der Waals surface area (Å²) in [7, 11) is 0. The highest BCUT2D eigenvalue weighted by Gasteiger charge is 2.22. The molecule has 3 heteroatoms. The van der Waals surface area contributed by atoms with E-state index in [1.807, 2.05) is 0 Å². The Kier molecular flexibility index (Phi) is 6.06. The van der Waals surface area contributed by atoms with Crippen molar-refractivity contribution in [3.05, 3.63) is 35.4 Å². The van der Waals surface area contributed by atoms with Crippen LogP contribution in [0.15, 0.2) is 24.3 Å². The molecule has 0 aromatic heterocycles. The molecule has 0 spiro atoms. The van der Waals surface area contributed by atoms with E-state index in [0.717, 1.165) is 12.8 Å². The predicted molar refractivity (Wildman–Crippen MR) is 78.6 cm³/mol. The highest BCUT2D eigenvalue weighted by Crippen LogP contribution is 2.37. The fourth-order valence-corrected chi connectivity index (χ4v) is 3.20. The van der Waals surface area contributed by atoms with Gasteiger partial charge >= 0.3 is 0 Å². The van der Waals surface area contributed by atoms with E-state index in [9.17, 15) is 4.79 Å². The van der Waals surface area contributed by atoms with Gasteiger partial charge in [-0.3, -0.25) is 4.79 Å². The lowest BCUT2D eigenvalue weighted by Crippen LogP contribution is -2.15. The molecule has 2 rings (SSSR count). The van der Waals surface area contributed by atoms with Crippen LogP contribution >= 0.6 is 0 Å². The molecular formula is C17H24O3. The lowest BCUT2D eigenvalue weighted by atomic mass is 9.77. The van der Waals surface area contributed by atoms with Gasteiger partial charge in [-0.25, -0.2) is 0 Å². The number of aliphatic hydroxyl groups is 1. The first-order valence-corrected chi connectivity index (χ1v) is 7.58. The molecule has 0 heterocycles. The van der Waals surface area contributed by atoms with E-state index >= 15 is 0 Å². The molecule has 0 saturated heterocycles. The first kappa shape index (κ1) is 15.0.